The van der Waals surface area contributed by atoms with Crippen LogP contribution in [-0.2, 0) is 0 Å². The number of aromatic nitrogens is 1. The van der Waals surface area contributed by atoms with Gasteiger partial charge in [0.1, 0.15) is 0 Å². The SMILES string of the molecule is CC(C)(C)CC(O)CNc1nc2ccc(N)cc2s1. The molecule has 0 aliphatic heterocycles. The van der Waals surface area contributed by atoms with Gasteiger partial charge in [0, 0.05) is 12.2 Å². The van der Waals surface area contributed by atoms with Crippen LogP contribution < -0.4 is 11.1 Å². The second-order valence-electron chi connectivity index (χ2n) is 6.05. The zero-order chi connectivity index (χ0) is 14.0. The summed E-state index contributed by atoms with van der Waals surface area (Å²) in [5, 5.41) is 14.0. The molecule has 5 heteroatoms. The Labute approximate surface area is 117 Å². The van der Waals surface area contributed by atoms with Gasteiger partial charge in [-0.1, -0.05) is 32.1 Å². The van der Waals surface area contributed by atoms with Crippen LogP contribution in [0.15, 0.2) is 18.2 Å². The number of aliphatic hydroxyl groups excluding tert-OH is 1. The lowest BCUT2D eigenvalue weighted by Crippen LogP contribution is -2.25. The number of nitrogens with two attached hydrogens (primary N) is 1. The molecule has 0 amide bonds. The second kappa shape index (κ2) is 5.35. The van der Waals surface area contributed by atoms with E-state index < -0.39 is 0 Å². The van der Waals surface area contributed by atoms with Gasteiger partial charge in [0.15, 0.2) is 5.13 Å². The molecule has 4 N–H and O–H groups in total. The Morgan fingerprint density at radius 2 is 2.16 bits per heavy atom. The van der Waals surface area contributed by atoms with Gasteiger partial charge in [-0.2, -0.15) is 0 Å². The molecule has 1 atom stereocenters. The Balaban J connectivity index is 1.98. The smallest absolute Gasteiger partial charge is 0.183 e. The van der Waals surface area contributed by atoms with E-state index in [4.69, 9.17) is 5.73 Å². The fourth-order valence-electron chi connectivity index (χ4n) is 2.00. The number of hydrogen-bond acceptors (Lipinski definition) is 5. The van der Waals surface area contributed by atoms with Crippen LogP contribution in [0.5, 0.6) is 0 Å². The largest absolute Gasteiger partial charge is 0.399 e. The molecule has 104 valence electrons. The Hall–Kier alpha value is -1.33. The van der Waals surface area contributed by atoms with E-state index >= 15 is 0 Å². The molecular formula is C14H21N3OS. The topological polar surface area (TPSA) is 71.2 Å². The first-order valence-electron chi connectivity index (χ1n) is 6.41. The van der Waals surface area contributed by atoms with Crippen LogP contribution in [0.1, 0.15) is 27.2 Å². The molecule has 0 bridgehead atoms. The Bertz CT molecular complexity index is 559. The quantitative estimate of drug-likeness (QED) is 0.752. The van der Waals surface area contributed by atoms with Gasteiger partial charge in [0.25, 0.3) is 0 Å². The molecule has 19 heavy (non-hydrogen) atoms. The normalized spacial score (nSPS) is 13.7. The number of thiazole rings is 1. The summed E-state index contributed by atoms with van der Waals surface area (Å²) in [6.07, 6.45) is 0.398. The van der Waals surface area contributed by atoms with Crippen molar-refractivity contribution in [2.45, 2.75) is 33.3 Å². The van der Waals surface area contributed by atoms with E-state index in [9.17, 15) is 5.11 Å². The zero-order valence-corrected chi connectivity index (χ0v) is 12.4. The standard InChI is InChI=1S/C14H21N3OS/c1-14(2,3)7-10(18)8-16-13-17-11-5-4-9(15)6-12(11)19-13/h4-6,10,18H,7-8,15H2,1-3H3,(H,16,17). The summed E-state index contributed by atoms with van der Waals surface area (Å²) in [6, 6.07) is 5.68. The first-order chi connectivity index (χ1) is 8.83. The first kappa shape index (κ1) is 14.1. The molecule has 0 radical (unpaired) electrons. The van der Waals surface area contributed by atoms with Gasteiger partial charge >= 0.3 is 0 Å². The van der Waals surface area contributed by atoms with Crippen LogP contribution in [-0.4, -0.2) is 22.7 Å². The van der Waals surface area contributed by atoms with E-state index in [0.717, 1.165) is 27.5 Å². The van der Waals surface area contributed by atoms with Gasteiger partial charge < -0.3 is 16.2 Å². The van der Waals surface area contributed by atoms with Crippen molar-refractivity contribution in [3.8, 4) is 0 Å². The van der Waals surface area contributed by atoms with Crippen molar-refractivity contribution >= 4 is 32.4 Å². The average molecular weight is 279 g/mol. The molecule has 0 aliphatic rings. The van der Waals surface area contributed by atoms with Crippen LogP contribution in [0, 0.1) is 5.41 Å². The highest BCUT2D eigenvalue weighted by Crippen LogP contribution is 2.28. The summed E-state index contributed by atoms with van der Waals surface area (Å²) in [5.41, 5.74) is 7.55. The fourth-order valence-corrected chi connectivity index (χ4v) is 2.92. The maximum atomic E-state index is 9.96. The molecule has 1 heterocycles. The van der Waals surface area contributed by atoms with Crippen molar-refractivity contribution in [2.24, 2.45) is 5.41 Å². The highest BCUT2D eigenvalue weighted by atomic mass is 32.1. The molecule has 2 rings (SSSR count). The highest BCUT2D eigenvalue weighted by Gasteiger charge is 2.16. The minimum atomic E-state index is -0.364. The monoisotopic (exact) mass is 279 g/mol. The second-order valence-corrected chi connectivity index (χ2v) is 7.08. The molecule has 1 unspecified atom stereocenters. The van der Waals surface area contributed by atoms with E-state index in [1.807, 2.05) is 18.2 Å². The lowest BCUT2D eigenvalue weighted by Gasteiger charge is -2.22. The molecule has 4 nitrogen and oxygen atoms in total. The Morgan fingerprint density at radius 3 is 2.84 bits per heavy atom. The third-order valence-electron chi connectivity index (χ3n) is 2.75. The van der Waals surface area contributed by atoms with E-state index in [1.165, 1.54) is 0 Å². The number of nitrogens with one attached hydrogen (secondary N) is 1. The van der Waals surface area contributed by atoms with Crippen molar-refractivity contribution in [3.05, 3.63) is 18.2 Å². The predicted molar refractivity (Wildman–Crippen MR) is 82.6 cm³/mol. The number of aliphatic hydroxyl groups is 1. The predicted octanol–water partition coefficient (Wildman–Crippen LogP) is 3.09. The maximum absolute atomic E-state index is 9.96. The summed E-state index contributed by atoms with van der Waals surface area (Å²) < 4.78 is 1.06. The zero-order valence-electron chi connectivity index (χ0n) is 11.6. The molecule has 1 aromatic carbocycles. The molecule has 0 saturated heterocycles. The number of fused-ring (bicyclic) bond motifs is 1. The van der Waals surface area contributed by atoms with Crippen LogP contribution in [0.2, 0.25) is 0 Å². The van der Waals surface area contributed by atoms with Crippen LogP contribution in [0.3, 0.4) is 0 Å². The summed E-state index contributed by atoms with van der Waals surface area (Å²) >= 11 is 1.56. The lowest BCUT2D eigenvalue weighted by molar-refractivity contribution is 0.132. The number of hydrogen-bond donors (Lipinski definition) is 3. The van der Waals surface area contributed by atoms with Crippen LogP contribution in [0.25, 0.3) is 10.2 Å². The van der Waals surface area contributed by atoms with E-state index in [1.54, 1.807) is 11.3 Å². The Morgan fingerprint density at radius 1 is 1.42 bits per heavy atom. The number of anilines is 2. The van der Waals surface area contributed by atoms with Crippen molar-refractivity contribution in [1.82, 2.24) is 4.98 Å². The van der Waals surface area contributed by atoms with Crippen molar-refractivity contribution in [3.63, 3.8) is 0 Å². The van der Waals surface area contributed by atoms with E-state index in [0.29, 0.717) is 6.54 Å². The molecular weight excluding hydrogens is 258 g/mol. The van der Waals surface area contributed by atoms with E-state index in [2.05, 4.69) is 31.1 Å². The lowest BCUT2D eigenvalue weighted by atomic mass is 9.89. The number of benzene rings is 1. The third-order valence-corrected chi connectivity index (χ3v) is 3.73. The Kier molecular flexibility index (Phi) is 3.96. The van der Waals surface area contributed by atoms with E-state index in [-0.39, 0.29) is 11.5 Å². The van der Waals surface area contributed by atoms with Gasteiger partial charge in [-0.3, -0.25) is 0 Å². The molecule has 0 spiro atoms. The number of nitrogen functional groups attached to an aromatic ring is 1. The van der Waals surface area contributed by atoms with Gasteiger partial charge in [-0.25, -0.2) is 4.98 Å². The summed E-state index contributed by atoms with van der Waals surface area (Å²) in [5.74, 6) is 0. The molecule has 2 aromatic rings. The number of rotatable bonds is 4. The van der Waals surface area contributed by atoms with Gasteiger partial charge in [0.2, 0.25) is 0 Å². The molecule has 0 aliphatic carbocycles. The molecule has 0 saturated carbocycles. The maximum Gasteiger partial charge on any atom is 0.183 e. The highest BCUT2D eigenvalue weighted by molar-refractivity contribution is 7.22. The summed E-state index contributed by atoms with van der Waals surface area (Å²) in [6.45, 7) is 6.89. The fraction of sp³-hybridized carbons (Fsp3) is 0.500. The first-order valence-corrected chi connectivity index (χ1v) is 7.23. The number of nitrogens with zero attached hydrogens (tertiary/aromatic N) is 1. The summed E-state index contributed by atoms with van der Waals surface area (Å²) in [4.78, 5) is 4.46. The average Bonchev–Trinajstić information content (AvgIpc) is 2.66. The van der Waals surface area contributed by atoms with Crippen LogP contribution >= 0.6 is 11.3 Å². The minimum absolute atomic E-state index is 0.128. The van der Waals surface area contributed by atoms with Crippen molar-refractivity contribution in [1.29, 1.82) is 0 Å². The van der Waals surface area contributed by atoms with Gasteiger partial charge in [-0.05, 0) is 30.0 Å². The third kappa shape index (κ3) is 4.08. The van der Waals surface area contributed by atoms with Crippen molar-refractivity contribution in [2.75, 3.05) is 17.6 Å². The molecule has 1 aromatic heterocycles. The van der Waals surface area contributed by atoms with Gasteiger partial charge in [0.05, 0.1) is 16.3 Å². The minimum Gasteiger partial charge on any atom is -0.399 e. The van der Waals surface area contributed by atoms with Crippen LogP contribution in [0.4, 0.5) is 10.8 Å². The van der Waals surface area contributed by atoms with Gasteiger partial charge in [-0.15, -0.1) is 0 Å². The molecule has 0 fully saturated rings. The van der Waals surface area contributed by atoms with Crippen molar-refractivity contribution < 1.29 is 5.11 Å². The summed E-state index contributed by atoms with van der Waals surface area (Å²) in [7, 11) is 0.